The van der Waals surface area contributed by atoms with Crippen LogP contribution >= 0.6 is 0 Å². The van der Waals surface area contributed by atoms with Gasteiger partial charge in [-0.3, -0.25) is 0 Å². The first kappa shape index (κ1) is 18.4. The standard InChI is InChI=1S/C25H28FN3O/c26-20-7-5-19(6-8-20)24-21-4-2-1-3-17(21)11-14-29(24)25-27-23(16-30-25)22-15-28-12-9-18(22)10-13-28/h1-8,18,22-24H,9-16H2/t22?,23-,24+/m1/s1. The minimum Gasteiger partial charge on any atom is -0.463 e. The van der Waals surface area contributed by atoms with Gasteiger partial charge in [0.05, 0.1) is 12.1 Å². The van der Waals surface area contributed by atoms with Crippen LogP contribution < -0.4 is 0 Å². The second kappa shape index (κ2) is 7.38. The molecule has 3 saturated heterocycles. The van der Waals surface area contributed by atoms with Crippen molar-refractivity contribution in [2.24, 2.45) is 16.8 Å². The van der Waals surface area contributed by atoms with Gasteiger partial charge in [-0.1, -0.05) is 36.4 Å². The highest BCUT2D eigenvalue weighted by molar-refractivity contribution is 5.77. The van der Waals surface area contributed by atoms with Gasteiger partial charge in [0.25, 0.3) is 6.02 Å². The van der Waals surface area contributed by atoms with E-state index in [1.165, 1.54) is 43.6 Å². The van der Waals surface area contributed by atoms with Crippen molar-refractivity contribution in [2.75, 3.05) is 32.8 Å². The summed E-state index contributed by atoms with van der Waals surface area (Å²) in [5, 5.41) is 0. The second-order valence-corrected chi connectivity index (χ2v) is 9.19. The van der Waals surface area contributed by atoms with Gasteiger partial charge >= 0.3 is 0 Å². The fourth-order valence-corrected chi connectivity index (χ4v) is 5.98. The van der Waals surface area contributed by atoms with E-state index in [4.69, 9.17) is 9.73 Å². The number of benzene rings is 2. The summed E-state index contributed by atoms with van der Waals surface area (Å²) >= 11 is 0. The highest BCUT2D eigenvalue weighted by Gasteiger charge is 2.42. The van der Waals surface area contributed by atoms with Crippen molar-refractivity contribution < 1.29 is 9.13 Å². The average molecular weight is 406 g/mol. The maximum atomic E-state index is 13.6. The third kappa shape index (κ3) is 3.11. The van der Waals surface area contributed by atoms with Crippen molar-refractivity contribution in [3.05, 3.63) is 71.0 Å². The Hall–Kier alpha value is -2.40. The molecule has 0 saturated carbocycles. The molecule has 0 amide bonds. The van der Waals surface area contributed by atoms with E-state index in [-0.39, 0.29) is 17.9 Å². The Balaban J connectivity index is 1.33. The zero-order valence-electron chi connectivity index (χ0n) is 17.2. The molecule has 0 aromatic heterocycles. The monoisotopic (exact) mass is 405 g/mol. The summed E-state index contributed by atoms with van der Waals surface area (Å²) in [6.07, 6.45) is 3.59. The molecule has 5 aliphatic rings. The molecule has 0 radical (unpaired) electrons. The van der Waals surface area contributed by atoms with Crippen molar-refractivity contribution in [1.29, 1.82) is 0 Å². The molecule has 2 bridgehead atoms. The van der Waals surface area contributed by atoms with E-state index in [0.717, 1.165) is 30.5 Å². The fourth-order valence-electron chi connectivity index (χ4n) is 5.98. The lowest BCUT2D eigenvalue weighted by molar-refractivity contribution is 0.0332. The number of piperidine rings is 3. The fraction of sp³-hybridized carbons (Fsp3) is 0.480. The van der Waals surface area contributed by atoms with E-state index in [1.807, 2.05) is 12.1 Å². The van der Waals surface area contributed by atoms with Crippen molar-refractivity contribution in [2.45, 2.75) is 31.3 Å². The van der Waals surface area contributed by atoms with Crippen LogP contribution in [0.5, 0.6) is 0 Å². The average Bonchev–Trinajstić information content (AvgIpc) is 3.30. The number of hydrogen-bond donors (Lipinski definition) is 0. The Morgan fingerprint density at radius 2 is 1.77 bits per heavy atom. The summed E-state index contributed by atoms with van der Waals surface area (Å²) in [6.45, 7) is 5.23. The summed E-state index contributed by atoms with van der Waals surface area (Å²) in [5.41, 5.74) is 3.71. The first-order valence-corrected chi connectivity index (χ1v) is 11.3. The summed E-state index contributed by atoms with van der Waals surface area (Å²) in [5.74, 6) is 1.21. The summed E-state index contributed by atoms with van der Waals surface area (Å²) < 4.78 is 19.9. The third-order valence-corrected chi connectivity index (χ3v) is 7.58. The number of hydrogen-bond acceptors (Lipinski definition) is 4. The molecule has 2 aromatic rings. The summed E-state index contributed by atoms with van der Waals surface area (Å²) in [4.78, 5) is 10.0. The topological polar surface area (TPSA) is 28.1 Å². The number of aliphatic imine (C=N–C) groups is 1. The van der Waals surface area contributed by atoms with E-state index < -0.39 is 0 Å². The van der Waals surface area contributed by atoms with Crippen LogP contribution in [0.15, 0.2) is 53.5 Å². The van der Waals surface area contributed by atoms with Crippen molar-refractivity contribution >= 4 is 6.02 Å². The van der Waals surface area contributed by atoms with Crippen LogP contribution in [0.4, 0.5) is 4.39 Å². The second-order valence-electron chi connectivity index (χ2n) is 9.19. The van der Waals surface area contributed by atoms with Gasteiger partial charge in [-0.15, -0.1) is 0 Å². The molecule has 5 aliphatic heterocycles. The van der Waals surface area contributed by atoms with E-state index in [1.54, 1.807) is 12.1 Å². The number of halogens is 1. The van der Waals surface area contributed by atoms with Crippen molar-refractivity contribution in [3.8, 4) is 0 Å². The van der Waals surface area contributed by atoms with Gasteiger partial charge in [-0.25, -0.2) is 9.38 Å². The van der Waals surface area contributed by atoms with Gasteiger partial charge in [0.1, 0.15) is 12.4 Å². The number of nitrogens with zero attached hydrogens (tertiary/aromatic N) is 3. The number of amidine groups is 1. The lowest BCUT2D eigenvalue weighted by atomic mass is 9.75. The minimum absolute atomic E-state index is 0.0135. The lowest BCUT2D eigenvalue weighted by Gasteiger charge is -2.45. The largest absolute Gasteiger partial charge is 0.463 e. The molecule has 0 spiro atoms. The molecule has 3 atom stereocenters. The van der Waals surface area contributed by atoms with Crippen LogP contribution in [-0.4, -0.2) is 54.6 Å². The molecule has 4 nitrogen and oxygen atoms in total. The maximum Gasteiger partial charge on any atom is 0.288 e. The smallest absolute Gasteiger partial charge is 0.288 e. The Morgan fingerprint density at radius 3 is 2.53 bits per heavy atom. The predicted molar refractivity (Wildman–Crippen MR) is 115 cm³/mol. The minimum atomic E-state index is -0.203. The Morgan fingerprint density at radius 1 is 0.967 bits per heavy atom. The van der Waals surface area contributed by atoms with Crippen molar-refractivity contribution in [1.82, 2.24) is 9.80 Å². The van der Waals surface area contributed by atoms with Crippen molar-refractivity contribution in [3.63, 3.8) is 0 Å². The van der Waals surface area contributed by atoms with Gasteiger partial charge in [-0.05, 0) is 67.1 Å². The van der Waals surface area contributed by atoms with E-state index in [2.05, 4.69) is 34.1 Å². The summed E-state index contributed by atoms with van der Waals surface area (Å²) in [7, 11) is 0. The molecule has 7 rings (SSSR count). The Labute approximate surface area is 177 Å². The number of fused-ring (bicyclic) bond motifs is 4. The third-order valence-electron chi connectivity index (χ3n) is 7.58. The predicted octanol–water partition coefficient (Wildman–Crippen LogP) is 3.87. The molecule has 156 valence electrons. The van der Waals surface area contributed by atoms with Gasteiger partial charge in [0.2, 0.25) is 0 Å². The van der Waals surface area contributed by atoms with Gasteiger partial charge < -0.3 is 14.5 Å². The highest BCUT2D eigenvalue weighted by atomic mass is 19.1. The normalized spacial score (nSPS) is 32.5. The molecule has 1 unspecified atom stereocenters. The zero-order chi connectivity index (χ0) is 20.1. The molecular weight excluding hydrogens is 377 g/mol. The number of rotatable bonds is 2. The maximum absolute atomic E-state index is 13.6. The first-order valence-electron chi connectivity index (χ1n) is 11.3. The molecule has 30 heavy (non-hydrogen) atoms. The van der Waals surface area contributed by atoms with E-state index in [9.17, 15) is 4.39 Å². The molecule has 5 heterocycles. The van der Waals surface area contributed by atoms with Crippen LogP contribution in [0, 0.1) is 17.7 Å². The quantitative estimate of drug-likeness (QED) is 0.759. The molecule has 5 heteroatoms. The molecule has 2 aromatic carbocycles. The SMILES string of the molecule is Fc1ccc([C@H]2c3ccccc3CCN2C2=N[C@@H](C3CN4CCC3CC4)CO2)cc1. The molecule has 0 aliphatic carbocycles. The van der Waals surface area contributed by atoms with E-state index in [0.29, 0.717) is 12.5 Å². The van der Waals surface area contributed by atoms with E-state index >= 15 is 0 Å². The summed E-state index contributed by atoms with van der Waals surface area (Å²) in [6, 6.07) is 16.5. The van der Waals surface area contributed by atoms with Gasteiger partial charge in [0.15, 0.2) is 0 Å². The Kier molecular flexibility index (Phi) is 4.52. The first-order chi connectivity index (χ1) is 14.8. The van der Waals surface area contributed by atoms with Crippen LogP contribution in [0.2, 0.25) is 0 Å². The number of ether oxygens (including phenoxy) is 1. The Bertz CT molecular complexity index is 951. The van der Waals surface area contributed by atoms with Gasteiger partial charge in [-0.2, -0.15) is 0 Å². The molecule has 0 N–H and O–H groups in total. The zero-order valence-corrected chi connectivity index (χ0v) is 17.2. The van der Waals surface area contributed by atoms with Gasteiger partial charge in [0, 0.05) is 19.0 Å². The van der Waals surface area contributed by atoms with Crippen LogP contribution in [-0.2, 0) is 11.2 Å². The molecular formula is C25H28FN3O. The highest BCUT2D eigenvalue weighted by Crippen LogP contribution is 2.39. The lowest BCUT2D eigenvalue weighted by Crippen LogP contribution is -2.51. The van der Waals surface area contributed by atoms with Crippen LogP contribution in [0.25, 0.3) is 0 Å². The van der Waals surface area contributed by atoms with Crippen LogP contribution in [0.1, 0.15) is 35.6 Å². The van der Waals surface area contributed by atoms with Crippen LogP contribution in [0.3, 0.4) is 0 Å². The molecule has 3 fully saturated rings.